The van der Waals surface area contributed by atoms with Crippen LogP contribution >= 0.6 is 45.8 Å². The zero-order valence-electron chi connectivity index (χ0n) is 5.70. The molecule has 1 aromatic carbocycles. The van der Waals surface area contributed by atoms with Gasteiger partial charge in [-0.05, 0) is 28.7 Å². The number of hydrogen-bond donors (Lipinski definition) is 0. The highest BCUT2D eigenvalue weighted by Crippen LogP contribution is 2.31. The van der Waals surface area contributed by atoms with Crippen LogP contribution in [0.15, 0.2) is 12.1 Å². The summed E-state index contributed by atoms with van der Waals surface area (Å²) in [5, 5.41) is 1.24. The van der Waals surface area contributed by atoms with Crippen molar-refractivity contribution in [2.45, 2.75) is 0 Å². The van der Waals surface area contributed by atoms with E-state index in [9.17, 15) is 0 Å². The predicted molar refractivity (Wildman–Crippen MR) is 55.7 cm³/mol. The summed E-state index contributed by atoms with van der Waals surface area (Å²) < 4.78 is 5.89. The number of ether oxygens (including phenoxy) is 1. The molecule has 0 aromatic heterocycles. The third kappa shape index (κ3) is 2.13. The van der Waals surface area contributed by atoms with E-state index in [-0.39, 0.29) is 0 Å². The van der Waals surface area contributed by atoms with Crippen molar-refractivity contribution >= 4 is 45.8 Å². The van der Waals surface area contributed by atoms with Gasteiger partial charge in [0, 0.05) is 9.64 Å². The number of hydrogen-bond acceptors (Lipinski definition) is 1. The van der Waals surface area contributed by atoms with Crippen LogP contribution in [0.3, 0.4) is 0 Å². The highest BCUT2D eigenvalue weighted by molar-refractivity contribution is 14.1. The molecule has 0 fully saturated rings. The molecule has 0 aliphatic heterocycles. The molecule has 0 amide bonds. The highest BCUT2D eigenvalue weighted by atomic mass is 127. The fraction of sp³-hybridized carbons (Fsp3) is 0.143. The maximum absolute atomic E-state index is 5.82. The zero-order valence-corrected chi connectivity index (χ0v) is 9.37. The maximum Gasteiger partial charge on any atom is 0.139 e. The van der Waals surface area contributed by atoms with Crippen LogP contribution in [0.4, 0.5) is 0 Å². The first-order valence-electron chi connectivity index (χ1n) is 2.83. The summed E-state index contributed by atoms with van der Waals surface area (Å²) >= 11 is 13.7. The van der Waals surface area contributed by atoms with E-state index in [0.29, 0.717) is 15.8 Å². The first-order chi connectivity index (χ1) is 5.15. The second-order valence-electron chi connectivity index (χ2n) is 1.90. The van der Waals surface area contributed by atoms with Crippen LogP contribution in [0, 0.1) is 3.57 Å². The molecular formula is C7H5Cl2IO. The fourth-order valence-electron chi connectivity index (χ4n) is 0.661. The smallest absolute Gasteiger partial charge is 0.139 e. The Morgan fingerprint density at radius 2 is 1.91 bits per heavy atom. The van der Waals surface area contributed by atoms with Crippen LogP contribution in [0.5, 0.6) is 5.75 Å². The molecule has 0 heterocycles. The van der Waals surface area contributed by atoms with Gasteiger partial charge in [-0.3, -0.25) is 0 Å². The Balaban J connectivity index is 3.21. The van der Waals surface area contributed by atoms with Gasteiger partial charge in [0.25, 0.3) is 0 Å². The molecule has 0 unspecified atom stereocenters. The maximum atomic E-state index is 5.82. The minimum atomic E-state index is 0.585. The van der Waals surface area contributed by atoms with Crippen molar-refractivity contribution in [2.75, 3.05) is 7.11 Å². The summed E-state index contributed by atoms with van der Waals surface area (Å²) in [5.74, 6) is 0.608. The molecule has 0 N–H and O–H groups in total. The van der Waals surface area contributed by atoms with Crippen molar-refractivity contribution in [3.63, 3.8) is 0 Å². The Kier molecular flexibility index (Phi) is 3.28. The van der Waals surface area contributed by atoms with Crippen LogP contribution in [-0.2, 0) is 0 Å². The molecule has 0 bridgehead atoms. The molecule has 0 saturated heterocycles. The number of rotatable bonds is 1. The molecule has 11 heavy (non-hydrogen) atoms. The average Bonchev–Trinajstić information content (AvgIpc) is 1.97. The van der Waals surface area contributed by atoms with E-state index in [1.54, 1.807) is 19.2 Å². The monoisotopic (exact) mass is 302 g/mol. The summed E-state index contributed by atoms with van der Waals surface area (Å²) in [6.45, 7) is 0. The number of benzene rings is 1. The van der Waals surface area contributed by atoms with Gasteiger partial charge in [0.2, 0.25) is 0 Å². The van der Waals surface area contributed by atoms with Gasteiger partial charge in [-0.25, -0.2) is 0 Å². The molecule has 1 nitrogen and oxygen atoms in total. The standard InChI is InChI=1S/C7H5Cl2IO/c1-11-7-3-4(8)6(10)2-5(7)9/h2-3H,1H3. The minimum absolute atomic E-state index is 0.585. The van der Waals surface area contributed by atoms with Crippen molar-refractivity contribution in [1.29, 1.82) is 0 Å². The summed E-state index contributed by atoms with van der Waals surface area (Å²) in [7, 11) is 1.56. The molecule has 0 radical (unpaired) electrons. The van der Waals surface area contributed by atoms with Crippen LogP contribution in [0.1, 0.15) is 0 Å². The van der Waals surface area contributed by atoms with E-state index in [0.717, 1.165) is 3.57 Å². The Labute approximate surface area is 88.8 Å². The van der Waals surface area contributed by atoms with Gasteiger partial charge in [-0.15, -0.1) is 0 Å². The van der Waals surface area contributed by atoms with E-state index < -0.39 is 0 Å². The van der Waals surface area contributed by atoms with E-state index in [1.165, 1.54) is 0 Å². The highest BCUT2D eigenvalue weighted by Gasteiger charge is 2.04. The van der Waals surface area contributed by atoms with Crippen LogP contribution < -0.4 is 4.74 Å². The summed E-state index contributed by atoms with van der Waals surface area (Å²) in [6.07, 6.45) is 0. The largest absolute Gasteiger partial charge is 0.495 e. The fourth-order valence-corrected chi connectivity index (χ4v) is 1.71. The first kappa shape index (κ1) is 9.42. The molecule has 0 aliphatic rings. The van der Waals surface area contributed by atoms with Crippen molar-refractivity contribution in [3.05, 3.63) is 25.7 Å². The summed E-state index contributed by atoms with van der Waals surface area (Å²) in [4.78, 5) is 0. The molecule has 1 aromatic rings. The van der Waals surface area contributed by atoms with Crippen molar-refractivity contribution < 1.29 is 4.74 Å². The summed E-state index contributed by atoms with van der Waals surface area (Å²) in [5.41, 5.74) is 0. The summed E-state index contributed by atoms with van der Waals surface area (Å²) in [6, 6.07) is 3.47. The van der Waals surface area contributed by atoms with Crippen molar-refractivity contribution in [1.82, 2.24) is 0 Å². The van der Waals surface area contributed by atoms with Gasteiger partial charge in [-0.2, -0.15) is 0 Å². The number of halogens is 3. The SMILES string of the molecule is COc1cc(Cl)c(I)cc1Cl. The lowest BCUT2D eigenvalue weighted by Gasteiger charge is -2.03. The Hall–Kier alpha value is 0.330. The van der Waals surface area contributed by atoms with E-state index >= 15 is 0 Å². The Bertz CT molecular complexity index is 275. The molecule has 0 aliphatic carbocycles. The van der Waals surface area contributed by atoms with Gasteiger partial charge in [0.05, 0.1) is 17.2 Å². The normalized spacial score (nSPS) is 9.82. The van der Waals surface area contributed by atoms with Gasteiger partial charge in [0.1, 0.15) is 5.75 Å². The van der Waals surface area contributed by atoms with Crippen LogP contribution in [-0.4, -0.2) is 7.11 Å². The van der Waals surface area contributed by atoms with E-state index in [2.05, 4.69) is 22.6 Å². The lowest BCUT2D eigenvalue weighted by atomic mass is 10.3. The lowest BCUT2D eigenvalue weighted by molar-refractivity contribution is 0.415. The van der Waals surface area contributed by atoms with E-state index in [4.69, 9.17) is 27.9 Å². The Morgan fingerprint density at radius 1 is 1.27 bits per heavy atom. The third-order valence-electron chi connectivity index (χ3n) is 1.19. The van der Waals surface area contributed by atoms with Gasteiger partial charge in [0.15, 0.2) is 0 Å². The zero-order chi connectivity index (χ0) is 8.43. The second kappa shape index (κ2) is 3.83. The molecular weight excluding hydrogens is 298 g/mol. The van der Waals surface area contributed by atoms with Gasteiger partial charge < -0.3 is 4.74 Å². The van der Waals surface area contributed by atoms with Crippen LogP contribution in [0.25, 0.3) is 0 Å². The van der Waals surface area contributed by atoms with E-state index in [1.807, 2.05) is 0 Å². The Morgan fingerprint density at radius 3 is 2.45 bits per heavy atom. The van der Waals surface area contributed by atoms with Gasteiger partial charge in [-0.1, -0.05) is 23.2 Å². The molecule has 0 spiro atoms. The average molecular weight is 303 g/mol. The third-order valence-corrected chi connectivity index (χ3v) is 3.01. The molecule has 60 valence electrons. The lowest BCUT2D eigenvalue weighted by Crippen LogP contribution is -1.85. The second-order valence-corrected chi connectivity index (χ2v) is 3.88. The molecule has 0 atom stereocenters. The van der Waals surface area contributed by atoms with Crippen LogP contribution in [0.2, 0.25) is 10.0 Å². The van der Waals surface area contributed by atoms with Crippen molar-refractivity contribution in [3.8, 4) is 5.75 Å². The minimum Gasteiger partial charge on any atom is -0.495 e. The molecule has 4 heteroatoms. The van der Waals surface area contributed by atoms with Crippen molar-refractivity contribution in [2.24, 2.45) is 0 Å². The molecule has 0 saturated carbocycles. The first-order valence-corrected chi connectivity index (χ1v) is 4.67. The topological polar surface area (TPSA) is 9.23 Å². The quantitative estimate of drug-likeness (QED) is 0.569. The predicted octanol–water partition coefficient (Wildman–Crippen LogP) is 3.61. The molecule has 1 rings (SSSR count). The van der Waals surface area contributed by atoms with Gasteiger partial charge >= 0.3 is 0 Å². The number of methoxy groups -OCH3 is 1.